The average Bonchev–Trinajstić information content (AvgIpc) is 1.75. The summed E-state index contributed by atoms with van der Waals surface area (Å²) in [4.78, 5) is 7.86. The summed E-state index contributed by atoms with van der Waals surface area (Å²) in [5.41, 5.74) is 0. The first kappa shape index (κ1) is 1.76. The molecule has 2 heteroatoms. The van der Waals surface area contributed by atoms with Gasteiger partial charge < -0.3 is 4.79 Å². The molecule has 1 N–H and O–H groups in total. The zero-order valence-electron chi connectivity index (χ0n) is 2.06. The van der Waals surface area contributed by atoms with Crippen molar-refractivity contribution in [2.45, 2.75) is 0 Å². The molecule has 0 atom stereocenters. The molecule has 2 nitrogen and oxygen atoms in total. The molecule has 1 heterocycles. The molecule has 0 spiro atoms. The third-order valence-electron chi connectivity index (χ3n) is 0.273. The maximum absolute atomic E-state index is 7.86. The summed E-state index contributed by atoms with van der Waals surface area (Å²) in [7, 11) is 0. The van der Waals surface area contributed by atoms with Crippen molar-refractivity contribution in [2.24, 2.45) is 0 Å². The maximum atomic E-state index is 7.86. The van der Waals surface area contributed by atoms with Crippen molar-refractivity contribution in [3.05, 3.63) is 0 Å². The van der Waals surface area contributed by atoms with Crippen LogP contribution in [0.25, 0.3) is 0 Å². The van der Waals surface area contributed by atoms with E-state index < -0.39 is 0 Å². The van der Waals surface area contributed by atoms with E-state index in [1.54, 1.807) is 0 Å². The van der Waals surface area contributed by atoms with Crippen LogP contribution >= 0.6 is 0 Å². The first-order valence-electron chi connectivity index (χ1n) is 1.07. The van der Waals surface area contributed by atoms with Gasteiger partial charge in [-0.3, -0.25) is 4.74 Å². The fraction of sp³-hybridized carbons (Fsp3) is 0.500. The number of hydrogen-bond acceptors (Lipinski definition) is 1. The van der Waals surface area contributed by atoms with Crippen molar-refractivity contribution < 1.29 is 9.53 Å². The number of epoxide rings is 1. The van der Waals surface area contributed by atoms with E-state index in [0.717, 1.165) is 0 Å². The Morgan fingerprint density at radius 1 is 2.00 bits per heavy atom. The Balaban J connectivity index is 2.60. The summed E-state index contributed by atoms with van der Waals surface area (Å²) in [5, 5.41) is 0. The minimum absolute atomic E-state index is 0.167. The number of ether oxygens (including phenoxy) is 1. The molecule has 0 saturated carbocycles. The molecular formula is C2H3O2+. The number of rotatable bonds is 0. The summed E-state index contributed by atoms with van der Waals surface area (Å²) in [6, 6.07) is 0. The van der Waals surface area contributed by atoms with E-state index in [0.29, 0.717) is 6.61 Å². The summed E-state index contributed by atoms with van der Waals surface area (Å²) in [6.45, 7) is 0.458. The quantitative estimate of drug-likeness (QED) is 0.274. The number of carbonyl (C=O) groups excluding carboxylic acids is 1. The molecule has 0 aromatic rings. The Bertz CT molecular complexity index is 42.0. The largest absolute Gasteiger partial charge is 0.553 e. The standard InChI is InChI=1S/C2H2O2/c3-2-1-4-2/h1H2/p+1. The molecule has 0 aromatic heterocycles. The van der Waals surface area contributed by atoms with Gasteiger partial charge in [-0.05, 0) is 0 Å². The Morgan fingerprint density at radius 3 is 2.25 bits per heavy atom. The van der Waals surface area contributed by atoms with Gasteiger partial charge in [-0.15, -0.1) is 0 Å². The van der Waals surface area contributed by atoms with E-state index in [2.05, 4.69) is 4.74 Å². The Hall–Kier alpha value is -0.530. The molecule has 0 aliphatic carbocycles. The molecule has 0 aromatic carbocycles. The van der Waals surface area contributed by atoms with Crippen molar-refractivity contribution in [2.75, 3.05) is 6.61 Å². The van der Waals surface area contributed by atoms with E-state index in [1.807, 2.05) is 0 Å². The van der Waals surface area contributed by atoms with Crippen molar-refractivity contribution in [1.82, 2.24) is 0 Å². The smallest absolute Gasteiger partial charge is 0.334 e. The topological polar surface area (TPSA) is 33.9 Å². The lowest BCUT2D eigenvalue weighted by atomic mass is 11.0. The lowest BCUT2D eigenvalue weighted by molar-refractivity contribution is 0.513. The second kappa shape index (κ2) is 0.267. The predicted octanol–water partition coefficient (Wildman–Crippen LogP) is -0.481. The highest BCUT2D eigenvalue weighted by atomic mass is 16.6. The summed E-state index contributed by atoms with van der Waals surface area (Å²) in [6.07, 6.45) is 0. The monoisotopic (exact) mass is 59.0 g/mol. The van der Waals surface area contributed by atoms with Crippen LogP contribution in [0.3, 0.4) is 0 Å². The van der Waals surface area contributed by atoms with Gasteiger partial charge in [0.2, 0.25) is 0 Å². The van der Waals surface area contributed by atoms with Crippen LogP contribution in [0.1, 0.15) is 0 Å². The van der Waals surface area contributed by atoms with Crippen molar-refractivity contribution in [3.8, 4) is 0 Å². The van der Waals surface area contributed by atoms with Gasteiger partial charge in [0.15, 0.2) is 0 Å². The summed E-state index contributed by atoms with van der Waals surface area (Å²) < 4.78 is 4.18. The number of cyclic esters (lactones) is 1. The molecule has 1 aliphatic heterocycles. The van der Waals surface area contributed by atoms with Crippen LogP contribution in [-0.4, -0.2) is 17.4 Å². The van der Waals surface area contributed by atoms with Gasteiger partial charge in [-0.2, -0.15) is 0 Å². The van der Waals surface area contributed by atoms with Crippen LogP contribution in [-0.2, 0) is 4.74 Å². The van der Waals surface area contributed by atoms with Gasteiger partial charge >= 0.3 is 12.6 Å². The van der Waals surface area contributed by atoms with Crippen molar-refractivity contribution >= 4 is 5.97 Å². The van der Waals surface area contributed by atoms with Crippen LogP contribution in [0.15, 0.2) is 0 Å². The van der Waals surface area contributed by atoms with Crippen LogP contribution in [0.4, 0.5) is 0 Å². The normalized spacial score (nSPS) is 19.5. The summed E-state index contributed by atoms with van der Waals surface area (Å²) >= 11 is 0. The van der Waals surface area contributed by atoms with Crippen LogP contribution in [0.5, 0.6) is 0 Å². The number of hydrogen-bond donors (Lipinski definition) is 0. The maximum Gasteiger partial charge on any atom is 0.553 e. The predicted molar refractivity (Wildman–Crippen MR) is 12.9 cm³/mol. The zero-order chi connectivity index (χ0) is 2.99. The van der Waals surface area contributed by atoms with Gasteiger partial charge in [0.05, 0.1) is 0 Å². The molecule has 0 unspecified atom stereocenters. The average molecular weight is 59.0 g/mol. The minimum Gasteiger partial charge on any atom is -0.334 e. The molecule has 0 radical (unpaired) electrons. The highest BCUT2D eigenvalue weighted by molar-refractivity contribution is 5.83. The molecule has 22 valence electrons. The van der Waals surface area contributed by atoms with Gasteiger partial charge in [-0.1, -0.05) is 0 Å². The van der Waals surface area contributed by atoms with Crippen LogP contribution < -0.4 is 0 Å². The molecule has 0 bridgehead atoms. The van der Waals surface area contributed by atoms with Crippen molar-refractivity contribution in [1.29, 1.82) is 0 Å². The first-order valence-corrected chi connectivity index (χ1v) is 1.07. The van der Waals surface area contributed by atoms with Gasteiger partial charge in [-0.25, -0.2) is 0 Å². The van der Waals surface area contributed by atoms with Gasteiger partial charge in [0, 0.05) is 0 Å². The molecule has 1 saturated heterocycles. The second-order valence-electron chi connectivity index (χ2n) is 0.682. The molecule has 0 amide bonds. The van der Waals surface area contributed by atoms with Gasteiger partial charge in [0.1, 0.15) is 0 Å². The molecule has 4 heavy (non-hydrogen) atoms. The Kier molecular flexibility index (Phi) is 0.117. The zero-order valence-corrected chi connectivity index (χ0v) is 2.06. The van der Waals surface area contributed by atoms with E-state index in [9.17, 15) is 0 Å². The fourth-order valence-corrected chi connectivity index (χ4v) is 0.0323. The second-order valence-corrected chi connectivity index (χ2v) is 0.682. The minimum atomic E-state index is 0.167. The lowest BCUT2D eigenvalue weighted by Gasteiger charge is -1.19. The third-order valence-corrected chi connectivity index (χ3v) is 0.273. The van der Waals surface area contributed by atoms with E-state index >= 15 is 0 Å². The Morgan fingerprint density at radius 2 is 2.25 bits per heavy atom. The fourth-order valence-electron chi connectivity index (χ4n) is 0.0323. The summed E-state index contributed by atoms with van der Waals surface area (Å²) in [5.74, 6) is 0.167. The van der Waals surface area contributed by atoms with E-state index in [1.165, 1.54) is 0 Å². The highest BCUT2D eigenvalue weighted by Gasteiger charge is 2.32. The molecule has 1 rings (SSSR count). The van der Waals surface area contributed by atoms with Crippen molar-refractivity contribution in [3.63, 3.8) is 0 Å². The SMILES string of the molecule is [OH+]=C1CO1. The first-order chi connectivity index (χ1) is 1.89. The highest BCUT2D eigenvalue weighted by Crippen LogP contribution is 1.89. The van der Waals surface area contributed by atoms with Crippen LogP contribution in [0.2, 0.25) is 0 Å². The van der Waals surface area contributed by atoms with E-state index in [4.69, 9.17) is 4.79 Å². The molecular weight excluding hydrogens is 56.0 g/mol. The third kappa shape index (κ3) is 0.0532. The van der Waals surface area contributed by atoms with Crippen LogP contribution in [0, 0.1) is 0 Å². The van der Waals surface area contributed by atoms with Gasteiger partial charge in [0.25, 0.3) is 0 Å². The Labute approximate surface area is 23.4 Å². The molecule has 1 aliphatic rings. The van der Waals surface area contributed by atoms with E-state index in [-0.39, 0.29) is 5.97 Å². The molecule has 1 fully saturated rings. The lowest BCUT2D eigenvalue weighted by Crippen LogP contribution is -1.52.